The molecule has 0 spiro atoms. The van der Waals surface area contributed by atoms with Gasteiger partial charge in [0.1, 0.15) is 11.3 Å². The molecule has 1 heterocycles. The van der Waals surface area contributed by atoms with Gasteiger partial charge in [-0.3, -0.25) is 4.79 Å². The molecule has 2 unspecified atom stereocenters. The van der Waals surface area contributed by atoms with Crippen LogP contribution in [0.25, 0.3) is 0 Å². The minimum absolute atomic E-state index is 0.116. The Labute approximate surface area is 110 Å². The van der Waals surface area contributed by atoms with E-state index in [0.717, 1.165) is 0 Å². The molecule has 0 fully saturated rings. The zero-order valence-corrected chi connectivity index (χ0v) is 11.0. The smallest absolute Gasteiger partial charge is 0.308 e. The van der Waals surface area contributed by atoms with Crippen LogP contribution in [0.1, 0.15) is 30.7 Å². The van der Waals surface area contributed by atoms with Gasteiger partial charge in [-0.05, 0) is 19.9 Å². The number of aromatic nitrogens is 1. The van der Waals surface area contributed by atoms with E-state index in [1.807, 2.05) is 0 Å². The van der Waals surface area contributed by atoms with Crippen LogP contribution in [0.15, 0.2) is 12.1 Å². The highest BCUT2D eigenvalue weighted by Gasteiger charge is 2.24. The van der Waals surface area contributed by atoms with Crippen molar-refractivity contribution < 1.29 is 19.7 Å². The average Bonchev–Trinajstić information content (AvgIpc) is 2.28. The molecule has 0 aliphatic carbocycles. The van der Waals surface area contributed by atoms with Crippen molar-refractivity contribution in [2.24, 2.45) is 0 Å². The third kappa shape index (κ3) is 3.94. The van der Waals surface area contributed by atoms with E-state index in [2.05, 4.69) is 9.72 Å². The second-order valence-electron chi connectivity index (χ2n) is 3.85. The molecular formula is C12H16ClNO4. The van der Waals surface area contributed by atoms with Crippen LogP contribution in [0.2, 0.25) is 5.15 Å². The van der Waals surface area contributed by atoms with E-state index in [-0.39, 0.29) is 18.2 Å². The number of halogens is 1. The highest BCUT2D eigenvalue weighted by atomic mass is 35.5. The molecule has 1 aromatic heterocycles. The van der Waals surface area contributed by atoms with Crippen molar-refractivity contribution in [2.45, 2.75) is 32.5 Å². The van der Waals surface area contributed by atoms with Gasteiger partial charge in [0, 0.05) is 11.3 Å². The maximum absolute atomic E-state index is 11.2. The Balaban J connectivity index is 2.73. The fourth-order valence-corrected chi connectivity index (χ4v) is 1.77. The fraction of sp³-hybridized carbons (Fsp3) is 0.500. The summed E-state index contributed by atoms with van der Waals surface area (Å²) >= 11 is 5.87. The average molecular weight is 274 g/mol. The molecule has 0 aromatic carbocycles. The van der Waals surface area contributed by atoms with E-state index in [9.17, 15) is 15.0 Å². The van der Waals surface area contributed by atoms with Gasteiger partial charge in [-0.2, -0.15) is 0 Å². The van der Waals surface area contributed by atoms with Crippen molar-refractivity contribution in [1.82, 2.24) is 4.98 Å². The van der Waals surface area contributed by atoms with Gasteiger partial charge in [0.15, 0.2) is 0 Å². The first kappa shape index (κ1) is 14.9. The normalized spacial score (nSPS) is 14.1. The van der Waals surface area contributed by atoms with Crippen molar-refractivity contribution in [3.05, 3.63) is 28.5 Å². The van der Waals surface area contributed by atoms with Gasteiger partial charge >= 0.3 is 5.97 Å². The van der Waals surface area contributed by atoms with Crippen molar-refractivity contribution in [1.29, 1.82) is 0 Å². The van der Waals surface area contributed by atoms with Crippen molar-refractivity contribution in [3.8, 4) is 0 Å². The highest BCUT2D eigenvalue weighted by Crippen LogP contribution is 2.25. The third-order valence-electron chi connectivity index (χ3n) is 2.38. The lowest BCUT2D eigenvalue weighted by Gasteiger charge is -2.18. The molecule has 18 heavy (non-hydrogen) atoms. The maximum atomic E-state index is 11.2. The lowest BCUT2D eigenvalue weighted by molar-refractivity contribution is -0.147. The largest absolute Gasteiger partial charge is 0.466 e. The van der Waals surface area contributed by atoms with Crippen molar-refractivity contribution in [3.63, 3.8) is 0 Å². The zero-order chi connectivity index (χ0) is 13.7. The number of aliphatic hydroxyl groups is 2. The number of hydrogen-bond acceptors (Lipinski definition) is 5. The van der Waals surface area contributed by atoms with Crippen LogP contribution in [-0.2, 0) is 9.53 Å². The number of ether oxygens (including phenoxy) is 1. The van der Waals surface area contributed by atoms with Crippen LogP contribution >= 0.6 is 11.6 Å². The summed E-state index contributed by atoms with van der Waals surface area (Å²) in [5.74, 6) is -0.569. The molecule has 0 amide bonds. The van der Waals surface area contributed by atoms with Gasteiger partial charge in [0.2, 0.25) is 0 Å². The summed E-state index contributed by atoms with van der Waals surface area (Å²) in [7, 11) is 0. The van der Waals surface area contributed by atoms with Gasteiger partial charge in [-0.1, -0.05) is 17.7 Å². The molecule has 100 valence electrons. The van der Waals surface area contributed by atoms with E-state index in [1.54, 1.807) is 26.0 Å². The fourth-order valence-electron chi connectivity index (χ4n) is 1.47. The van der Waals surface area contributed by atoms with Gasteiger partial charge in [0.25, 0.3) is 0 Å². The maximum Gasteiger partial charge on any atom is 0.308 e. The predicted molar refractivity (Wildman–Crippen MR) is 66.2 cm³/mol. The summed E-state index contributed by atoms with van der Waals surface area (Å²) in [5, 5.41) is 19.7. The monoisotopic (exact) mass is 273 g/mol. The molecule has 2 atom stereocenters. The van der Waals surface area contributed by atoms with E-state index in [0.29, 0.717) is 11.3 Å². The van der Waals surface area contributed by atoms with E-state index in [4.69, 9.17) is 11.6 Å². The predicted octanol–water partition coefficient (Wildman–Crippen LogP) is 1.39. The molecule has 1 aromatic rings. The van der Waals surface area contributed by atoms with Crippen molar-refractivity contribution in [2.75, 3.05) is 6.61 Å². The molecule has 0 saturated heterocycles. The summed E-state index contributed by atoms with van der Waals surface area (Å²) in [5.41, 5.74) is 0.995. The number of carbonyl (C=O) groups excluding carboxylic acids is 1. The van der Waals surface area contributed by atoms with E-state index in [1.165, 1.54) is 0 Å². The molecule has 0 aliphatic heterocycles. The van der Waals surface area contributed by atoms with Gasteiger partial charge in [-0.15, -0.1) is 0 Å². The third-order valence-corrected chi connectivity index (χ3v) is 2.68. The molecule has 0 saturated carbocycles. The Hall–Kier alpha value is -1.17. The number of aliphatic hydroxyl groups excluding tert-OH is 2. The van der Waals surface area contributed by atoms with Gasteiger partial charge in [-0.25, -0.2) is 4.98 Å². The Morgan fingerprint density at radius 1 is 1.50 bits per heavy atom. The van der Waals surface area contributed by atoms with Gasteiger partial charge < -0.3 is 14.9 Å². The minimum Gasteiger partial charge on any atom is -0.466 e. The molecule has 6 heteroatoms. The van der Waals surface area contributed by atoms with Crippen LogP contribution < -0.4 is 0 Å². The quantitative estimate of drug-likeness (QED) is 0.626. The first-order chi connectivity index (χ1) is 8.45. The summed E-state index contributed by atoms with van der Waals surface area (Å²) in [6.07, 6.45) is -2.83. The van der Waals surface area contributed by atoms with Crippen LogP contribution in [0.5, 0.6) is 0 Å². The zero-order valence-electron chi connectivity index (χ0n) is 10.3. The first-order valence-corrected chi connectivity index (χ1v) is 5.98. The van der Waals surface area contributed by atoms with Crippen LogP contribution in [0.3, 0.4) is 0 Å². The minimum atomic E-state index is -1.27. The summed E-state index contributed by atoms with van der Waals surface area (Å²) in [6.45, 7) is 3.66. The Kier molecular flexibility index (Phi) is 5.53. The lowest BCUT2D eigenvalue weighted by atomic mass is 10.0. The van der Waals surface area contributed by atoms with Crippen LogP contribution in [-0.4, -0.2) is 33.9 Å². The number of esters is 1. The number of nitrogens with zero attached hydrogens (tertiary/aromatic N) is 1. The Morgan fingerprint density at radius 2 is 2.17 bits per heavy atom. The van der Waals surface area contributed by atoms with Gasteiger partial charge in [0.05, 0.1) is 19.1 Å². The Morgan fingerprint density at radius 3 is 2.72 bits per heavy atom. The number of pyridine rings is 1. The molecule has 0 bridgehead atoms. The summed E-state index contributed by atoms with van der Waals surface area (Å²) < 4.78 is 4.69. The van der Waals surface area contributed by atoms with E-state index >= 15 is 0 Å². The topological polar surface area (TPSA) is 79.7 Å². The van der Waals surface area contributed by atoms with Crippen molar-refractivity contribution >= 4 is 17.6 Å². The first-order valence-electron chi connectivity index (χ1n) is 5.60. The Bertz CT molecular complexity index is 425. The number of rotatable bonds is 5. The molecule has 0 radical (unpaired) electrons. The number of carbonyl (C=O) groups is 1. The second-order valence-corrected chi connectivity index (χ2v) is 4.21. The molecule has 1 rings (SSSR count). The SMILES string of the molecule is CCOC(=O)CC(O)C(O)c1ccc(C)nc1Cl. The molecule has 0 aliphatic rings. The standard InChI is InChI=1S/C12H16ClNO4/c1-3-18-10(16)6-9(15)11(17)8-5-4-7(2)14-12(8)13/h4-5,9,11,15,17H,3,6H2,1-2H3. The number of hydrogen-bond donors (Lipinski definition) is 2. The second kappa shape index (κ2) is 6.68. The number of aryl methyl sites for hydroxylation is 1. The summed E-state index contributed by atoms with van der Waals surface area (Å²) in [6, 6.07) is 3.24. The summed E-state index contributed by atoms with van der Waals surface area (Å²) in [4.78, 5) is 15.2. The van der Waals surface area contributed by atoms with E-state index < -0.39 is 18.2 Å². The van der Waals surface area contributed by atoms with Crippen LogP contribution in [0, 0.1) is 6.92 Å². The molecular weight excluding hydrogens is 258 g/mol. The molecule has 2 N–H and O–H groups in total. The molecule has 5 nitrogen and oxygen atoms in total. The highest BCUT2D eigenvalue weighted by molar-refractivity contribution is 6.30. The lowest BCUT2D eigenvalue weighted by Crippen LogP contribution is -2.23. The van der Waals surface area contributed by atoms with Crippen LogP contribution in [0.4, 0.5) is 0 Å².